The zero-order valence-corrected chi connectivity index (χ0v) is 16.6. The summed E-state index contributed by atoms with van der Waals surface area (Å²) < 4.78 is 38.1. The monoisotopic (exact) mass is 432 g/mol. The summed E-state index contributed by atoms with van der Waals surface area (Å²) in [5.74, 6) is -0.427. The number of ether oxygens (including phenoxy) is 1. The number of aryl methyl sites for hydroxylation is 1. The molecule has 0 fully saturated rings. The van der Waals surface area contributed by atoms with Gasteiger partial charge in [0.05, 0.1) is 21.1 Å². The van der Waals surface area contributed by atoms with Crippen LogP contribution in [-0.2, 0) is 14.8 Å². The summed E-state index contributed by atoms with van der Waals surface area (Å²) in [4.78, 5) is 22.5. The number of anilines is 1. The van der Waals surface area contributed by atoms with Gasteiger partial charge in [-0.25, -0.2) is 13.2 Å². The SMILES string of the molecule is Cc1nnc(C(C)OC(=O)c2ccccc2NS(=O)(=O)c2cccc([N+](=O)[O-])c2)o1. The van der Waals surface area contributed by atoms with Gasteiger partial charge >= 0.3 is 5.97 Å². The Labute approximate surface area is 170 Å². The van der Waals surface area contributed by atoms with Crippen molar-refractivity contribution in [2.45, 2.75) is 24.8 Å². The predicted octanol–water partition coefficient (Wildman–Crippen LogP) is 3.01. The number of non-ortho nitro benzene ring substituents is 1. The number of carbonyl (C=O) groups is 1. The van der Waals surface area contributed by atoms with Crippen molar-refractivity contribution in [1.29, 1.82) is 0 Å². The summed E-state index contributed by atoms with van der Waals surface area (Å²) in [5.41, 5.74) is -0.494. The molecule has 0 saturated carbocycles. The van der Waals surface area contributed by atoms with Gasteiger partial charge in [0.25, 0.3) is 21.6 Å². The van der Waals surface area contributed by atoms with Crippen molar-refractivity contribution in [3.8, 4) is 0 Å². The van der Waals surface area contributed by atoms with Crippen LogP contribution < -0.4 is 4.72 Å². The molecule has 11 nitrogen and oxygen atoms in total. The zero-order valence-electron chi connectivity index (χ0n) is 15.8. The van der Waals surface area contributed by atoms with Gasteiger partial charge in [-0.05, 0) is 25.1 Å². The Kier molecular flexibility index (Phi) is 5.78. The van der Waals surface area contributed by atoms with E-state index in [2.05, 4.69) is 14.9 Å². The number of para-hydroxylation sites is 1. The van der Waals surface area contributed by atoms with E-state index < -0.39 is 27.0 Å². The molecular formula is C18H16N4O7S. The summed E-state index contributed by atoms with van der Waals surface area (Å²) in [6, 6.07) is 10.3. The van der Waals surface area contributed by atoms with E-state index in [1.165, 1.54) is 49.4 Å². The number of hydrogen-bond acceptors (Lipinski definition) is 9. The molecule has 0 saturated heterocycles. The molecule has 1 heterocycles. The molecule has 2 aromatic carbocycles. The molecular weight excluding hydrogens is 416 g/mol. The van der Waals surface area contributed by atoms with Crippen LogP contribution in [-0.4, -0.2) is 29.5 Å². The van der Waals surface area contributed by atoms with Crippen molar-refractivity contribution in [3.63, 3.8) is 0 Å². The first-order valence-corrected chi connectivity index (χ1v) is 10.0. The average Bonchev–Trinajstić information content (AvgIpc) is 3.14. The fourth-order valence-electron chi connectivity index (χ4n) is 2.47. The summed E-state index contributed by atoms with van der Waals surface area (Å²) in [7, 11) is -4.21. The van der Waals surface area contributed by atoms with Crippen LogP contribution in [0, 0.1) is 17.0 Å². The maximum absolute atomic E-state index is 12.7. The molecule has 0 radical (unpaired) electrons. The number of nitrogens with one attached hydrogen (secondary N) is 1. The summed E-state index contributed by atoms with van der Waals surface area (Å²) >= 11 is 0. The fourth-order valence-corrected chi connectivity index (χ4v) is 3.59. The van der Waals surface area contributed by atoms with E-state index in [0.717, 1.165) is 6.07 Å². The van der Waals surface area contributed by atoms with E-state index in [1.54, 1.807) is 6.92 Å². The third kappa shape index (κ3) is 4.60. The third-order valence-corrected chi connectivity index (χ3v) is 5.27. The first kappa shape index (κ1) is 20.9. The topological polar surface area (TPSA) is 155 Å². The molecule has 0 aliphatic carbocycles. The lowest BCUT2D eigenvalue weighted by Crippen LogP contribution is -2.17. The molecule has 12 heteroatoms. The molecule has 156 valence electrons. The number of sulfonamides is 1. The highest BCUT2D eigenvalue weighted by Gasteiger charge is 2.24. The maximum Gasteiger partial charge on any atom is 0.341 e. The highest BCUT2D eigenvalue weighted by molar-refractivity contribution is 7.92. The standard InChI is InChI=1S/C18H16N4O7S/c1-11(17-20-19-12(2)29-17)28-18(23)15-8-3-4-9-16(15)21-30(26,27)14-7-5-6-13(10-14)22(24)25/h3-11,21H,1-2H3. The van der Waals surface area contributed by atoms with Gasteiger partial charge in [0.1, 0.15) is 0 Å². The Morgan fingerprint density at radius 1 is 1.20 bits per heavy atom. The van der Waals surface area contributed by atoms with Crippen molar-refractivity contribution in [2.24, 2.45) is 0 Å². The molecule has 1 aromatic heterocycles. The Hall–Kier alpha value is -3.80. The van der Waals surface area contributed by atoms with E-state index in [0.29, 0.717) is 5.89 Å². The molecule has 1 atom stereocenters. The third-order valence-electron chi connectivity index (χ3n) is 3.90. The number of rotatable bonds is 7. The van der Waals surface area contributed by atoms with Crippen LogP contribution in [0.5, 0.6) is 0 Å². The predicted molar refractivity (Wildman–Crippen MR) is 103 cm³/mol. The smallest absolute Gasteiger partial charge is 0.341 e. The average molecular weight is 432 g/mol. The molecule has 1 N–H and O–H groups in total. The molecule has 1 unspecified atom stereocenters. The molecule has 3 rings (SSSR count). The number of nitro benzene ring substituents is 1. The lowest BCUT2D eigenvalue weighted by Gasteiger charge is -2.14. The molecule has 0 spiro atoms. The van der Waals surface area contributed by atoms with Gasteiger partial charge < -0.3 is 9.15 Å². The number of aromatic nitrogens is 2. The van der Waals surface area contributed by atoms with E-state index in [-0.39, 0.29) is 27.7 Å². The van der Waals surface area contributed by atoms with Crippen molar-refractivity contribution < 1.29 is 27.3 Å². The Balaban J connectivity index is 1.85. The second kappa shape index (κ2) is 8.29. The number of carbonyl (C=O) groups excluding carboxylic acids is 1. The zero-order chi connectivity index (χ0) is 21.9. The van der Waals surface area contributed by atoms with Crippen LogP contribution in [0.3, 0.4) is 0 Å². The molecule has 0 aliphatic heterocycles. The van der Waals surface area contributed by atoms with Crippen LogP contribution in [0.4, 0.5) is 11.4 Å². The van der Waals surface area contributed by atoms with Gasteiger partial charge in [-0.2, -0.15) is 0 Å². The molecule has 30 heavy (non-hydrogen) atoms. The normalized spacial score (nSPS) is 12.2. The quantitative estimate of drug-likeness (QED) is 0.337. The van der Waals surface area contributed by atoms with E-state index in [9.17, 15) is 23.3 Å². The van der Waals surface area contributed by atoms with Crippen molar-refractivity contribution in [2.75, 3.05) is 4.72 Å². The Morgan fingerprint density at radius 3 is 2.60 bits per heavy atom. The van der Waals surface area contributed by atoms with Gasteiger partial charge in [-0.3, -0.25) is 14.8 Å². The molecule has 3 aromatic rings. The first-order valence-electron chi connectivity index (χ1n) is 8.54. The fraction of sp³-hybridized carbons (Fsp3) is 0.167. The molecule has 0 amide bonds. The Bertz CT molecular complexity index is 1210. The maximum atomic E-state index is 12.7. The summed E-state index contributed by atoms with van der Waals surface area (Å²) in [5, 5.41) is 18.4. The number of nitrogens with zero attached hydrogens (tertiary/aromatic N) is 3. The van der Waals surface area contributed by atoms with Crippen LogP contribution >= 0.6 is 0 Å². The second-order valence-electron chi connectivity index (χ2n) is 6.11. The van der Waals surface area contributed by atoms with Crippen LogP contribution in [0.2, 0.25) is 0 Å². The minimum atomic E-state index is -4.21. The van der Waals surface area contributed by atoms with E-state index >= 15 is 0 Å². The molecule has 0 bridgehead atoms. The summed E-state index contributed by atoms with van der Waals surface area (Å²) in [6.45, 7) is 3.11. The van der Waals surface area contributed by atoms with Crippen LogP contribution in [0.1, 0.15) is 35.2 Å². The van der Waals surface area contributed by atoms with Gasteiger partial charge in [0, 0.05) is 19.1 Å². The van der Waals surface area contributed by atoms with Gasteiger partial charge in [-0.15, -0.1) is 10.2 Å². The van der Waals surface area contributed by atoms with Crippen LogP contribution in [0.15, 0.2) is 57.8 Å². The Morgan fingerprint density at radius 2 is 1.93 bits per heavy atom. The number of nitro groups is 1. The summed E-state index contributed by atoms with van der Waals surface area (Å²) in [6.07, 6.45) is -0.861. The van der Waals surface area contributed by atoms with Crippen LogP contribution in [0.25, 0.3) is 0 Å². The van der Waals surface area contributed by atoms with Gasteiger partial charge in [0.2, 0.25) is 5.89 Å². The minimum absolute atomic E-state index is 0.0529. The van der Waals surface area contributed by atoms with Gasteiger partial charge in [0.15, 0.2) is 6.10 Å². The van der Waals surface area contributed by atoms with Crippen molar-refractivity contribution in [1.82, 2.24) is 10.2 Å². The molecule has 0 aliphatic rings. The highest BCUT2D eigenvalue weighted by Crippen LogP contribution is 2.25. The minimum Gasteiger partial charge on any atom is -0.449 e. The second-order valence-corrected chi connectivity index (χ2v) is 7.79. The lowest BCUT2D eigenvalue weighted by molar-refractivity contribution is -0.385. The first-order chi connectivity index (χ1) is 14.2. The van der Waals surface area contributed by atoms with Gasteiger partial charge in [-0.1, -0.05) is 18.2 Å². The van der Waals surface area contributed by atoms with Crippen molar-refractivity contribution >= 4 is 27.4 Å². The number of benzene rings is 2. The number of esters is 1. The lowest BCUT2D eigenvalue weighted by atomic mass is 10.2. The van der Waals surface area contributed by atoms with E-state index in [1.807, 2.05) is 0 Å². The highest BCUT2D eigenvalue weighted by atomic mass is 32.2. The van der Waals surface area contributed by atoms with Crippen molar-refractivity contribution in [3.05, 3.63) is 76.0 Å². The van der Waals surface area contributed by atoms with E-state index in [4.69, 9.17) is 9.15 Å². The number of hydrogen-bond donors (Lipinski definition) is 1. The largest absolute Gasteiger partial charge is 0.449 e.